The summed E-state index contributed by atoms with van der Waals surface area (Å²) in [5.74, 6) is -3.21. The summed E-state index contributed by atoms with van der Waals surface area (Å²) in [6, 6.07) is 13.8. The number of carboxylic acid groups (broad SMARTS) is 4. The lowest BCUT2D eigenvalue weighted by Gasteiger charge is -2.28. The monoisotopic (exact) mass is 1240 g/mol. The number of aliphatic hydroxyl groups excluding tert-OH is 4. The van der Waals surface area contributed by atoms with Crippen LogP contribution in [0.5, 0.6) is 23.0 Å². The van der Waals surface area contributed by atoms with Crippen LogP contribution in [0.25, 0.3) is 22.3 Å². The molecule has 0 aliphatic carbocycles. The maximum absolute atomic E-state index is 11.1. The highest BCUT2D eigenvalue weighted by atomic mass is 16.4. The minimum atomic E-state index is -1.11. The molecule has 4 rings (SSSR count). The first kappa shape index (κ1) is 81.8. The third-order valence-electron chi connectivity index (χ3n) is 14.7. The van der Waals surface area contributed by atoms with Crippen LogP contribution in [0.3, 0.4) is 0 Å². The van der Waals surface area contributed by atoms with E-state index in [1.807, 2.05) is 166 Å². The van der Waals surface area contributed by atoms with Crippen LogP contribution >= 0.6 is 0 Å². The van der Waals surface area contributed by atoms with Crippen LogP contribution in [0.2, 0.25) is 0 Å². The van der Waals surface area contributed by atoms with Crippen molar-refractivity contribution in [1.82, 2.24) is 0 Å². The summed E-state index contributed by atoms with van der Waals surface area (Å²) in [6.07, 6.45) is 0. The summed E-state index contributed by atoms with van der Waals surface area (Å²) in [7, 11) is 0. The van der Waals surface area contributed by atoms with Crippen molar-refractivity contribution in [2.24, 2.45) is 5.41 Å². The molecule has 0 saturated heterocycles. The molecule has 4 aromatic carbocycles. The number of carboxylic acids is 4. The number of phenolic OH excluding ortho intramolecular Hbond substituents is 4. The van der Waals surface area contributed by atoms with Gasteiger partial charge in [0.05, 0.1) is 54.1 Å². The summed E-state index contributed by atoms with van der Waals surface area (Å²) in [6.45, 7) is 60.6. The first-order chi connectivity index (χ1) is 39.7. The Balaban J connectivity index is 0.00000111. The predicted molar refractivity (Wildman–Crippen MR) is 359 cm³/mol. The van der Waals surface area contributed by atoms with Crippen LogP contribution < -0.4 is 0 Å². The van der Waals surface area contributed by atoms with E-state index in [-0.39, 0.29) is 88.6 Å². The van der Waals surface area contributed by atoms with Gasteiger partial charge in [-0.05, 0) is 114 Å². The zero-order valence-electron chi connectivity index (χ0n) is 57.8. The maximum atomic E-state index is 11.1. The summed E-state index contributed by atoms with van der Waals surface area (Å²) < 4.78 is 0. The molecule has 16 heteroatoms. The average Bonchev–Trinajstić information content (AvgIpc) is 3.49. The summed E-state index contributed by atoms with van der Waals surface area (Å²) in [5, 5.41) is 113. The van der Waals surface area contributed by atoms with Crippen molar-refractivity contribution in [2.75, 3.05) is 26.4 Å². The topological polar surface area (TPSA) is 311 Å². The van der Waals surface area contributed by atoms with E-state index >= 15 is 0 Å². The Kier molecular flexibility index (Phi) is 27.6. The number of benzene rings is 4. The van der Waals surface area contributed by atoms with Crippen molar-refractivity contribution in [3.63, 3.8) is 0 Å². The fraction of sp³-hybridized carbons (Fsp3) is 0.507. The molecule has 0 atom stereocenters. The quantitative estimate of drug-likeness (QED) is 0.0587. The van der Waals surface area contributed by atoms with Gasteiger partial charge in [-0.1, -0.05) is 192 Å². The van der Waals surface area contributed by atoms with Crippen molar-refractivity contribution >= 4 is 46.2 Å². The van der Waals surface area contributed by atoms with Crippen molar-refractivity contribution in [3.8, 4) is 23.0 Å². The van der Waals surface area contributed by atoms with Gasteiger partial charge in [0.15, 0.2) is 0 Å². The van der Waals surface area contributed by atoms with Gasteiger partial charge in [-0.25, -0.2) is 19.2 Å². The number of aliphatic hydroxyl groups is 4. The molecule has 0 heterocycles. The SMILES string of the molecule is C=C(C(=O)O)c1cc(C(C)(C)C)c(O)c(C(C)(C)C)c1.C=C(C(=O)O)c1cc(C(C)(C)C)c(O)c(C(C)(C)C)c1.C=C(C(=O)O)c1cc(C(C)(C)C)c(O)c(C(C)(C)C)c1.C=C(C(=O)O)c1cc(C(C)(C)C)c(O)c(C(C)(C)C)c1.OCC(CO)(CO)CO. The van der Waals surface area contributed by atoms with Gasteiger partial charge in [0.2, 0.25) is 0 Å². The number of carbonyl (C=O) groups is 4. The van der Waals surface area contributed by atoms with Gasteiger partial charge in [-0.3, -0.25) is 0 Å². The second kappa shape index (κ2) is 30.0. The van der Waals surface area contributed by atoms with E-state index in [1.54, 1.807) is 48.5 Å². The van der Waals surface area contributed by atoms with Crippen LogP contribution in [0.1, 0.15) is 233 Å². The van der Waals surface area contributed by atoms with Gasteiger partial charge in [-0.15, -0.1) is 0 Å². The molecule has 89 heavy (non-hydrogen) atoms. The number of aromatic hydroxyl groups is 4. The zero-order valence-corrected chi connectivity index (χ0v) is 57.8. The Morgan fingerprint density at radius 3 is 0.427 bits per heavy atom. The molecular formula is C73H108O16. The van der Waals surface area contributed by atoms with Crippen molar-refractivity contribution in [2.45, 2.75) is 209 Å². The molecule has 0 amide bonds. The van der Waals surface area contributed by atoms with Gasteiger partial charge in [-0.2, -0.15) is 0 Å². The van der Waals surface area contributed by atoms with Crippen LogP contribution in [-0.4, -0.2) is 112 Å². The van der Waals surface area contributed by atoms with Crippen LogP contribution in [-0.2, 0) is 62.5 Å². The molecule has 12 N–H and O–H groups in total. The summed E-state index contributed by atoms with van der Waals surface area (Å²) in [5.41, 5.74) is 4.92. The first-order valence-corrected chi connectivity index (χ1v) is 29.3. The van der Waals surface area contributed by atoms with Gasteiger partial charge in [0.25, 0.3) is 0 Å². The fourth-order valence-electron chi connectivity index (χ4n) is 8.60. The molecule has 0 saturated carbocycles. The second-order valence-corrected chi connectivity index (χ2v) is 30.9. The molecule has 0 aromatic heterocycles. The number of hydrogen-bond acceptors (Lipinski definition) is 12. The molecule has 496 valence electrons. The Bertz CT molecular complexity index is 2660. The third-order valence-corrected chi connectivity index (χ3v) is 14.7. The standard InChI is InChI=1S/4C17H24O3.C5H12O4/c4*1-10(15(19)20)11-8-12(16(2,3)4)14(18)13(9-11)17(5,6)7;6-1-5(2-7,3-8)4-9/h4*8-9,18H,1H2,2-7H3,(H,19,20);6-9H,1-4H2. The minimum absolute atomic E-state index is 0.0426. The smallest absolute Gasteiger partial charge is 0.335 e. The fourth-order valence-corrected chi connectivity index (χ4v) is 8.60. The lowest BCUT2D eigenvalue weighted by molar-refractivity contribution is -0.131. The molecule has 0 radical (unpaired) electrons. The highest BCUT2D eigenvalue weighted by Gasteiger charge is 2.33. The van der Waals surface area contributed by atoms with E-state index in [2.05, 4.69) is 26.3 Å². The van der Waals surface area contributed by atoms with Crippen molar-refractivity contribution < 1.29 is 80.5 Å². The van der Waals surface area contributed by atoms with Gasteiger partial charge in [0.1, 0.15) is 23.0 Å². The Labute approximate surface area is 530 Å². The lowest BCUT2D eigenvalue weighted by atomic mass is 9.78. The maximum Gasteiger partial charge on any atom is 0.335 e. The van der Waals surface area contributed by atoms with Crippen LogP contribution in [0, 0.1) is 5.41 Å². The third kappa shape index (κ3) is 22.6. The molecule has 0 unspecified atom stereocenters. The zero-order chi connectivity index (χ0) is 70.8. The molecular weight excluding hydrogens is 1130 g/mol. The minimum Gasteiger partial charge on any atom is -0.507 e. The number of aliphatic carboxylic acids is 4. The van der Waals surface area contributed by atoms with E-state index in [1.165, 1.54) is 0 Å². The predicted octanol–water partition coefficient (Wildman–Crippen LogP) is 14.3. The Morgan fingerprint density at radius 1 is 0.270 bits per heavy atom. The molecule has 0 fully saturated rings. The normalized spacial score (nSPS) is 12.3. The number of phenols is 4. The average molecular weight is 1240 g/mol. The molecule has 0 spiro atoms. The second-order valence-electron chi connectivity index (χ2n) is 30.9. The van der Waals surface area contributed by atoms with Crippen molar-refractivity contribution in [1.29, 1.82) is 0 Å². The van der Waals surface area contributed by atoms with Crippen molar-refractivity contribution in [3.05, 3.63) is 142 Å². The molecule has 0 aliphatic rings. The summed E-state index contributed by atoms with van der Waals surface area (Å²) >= 11 is 0. The molecule has 0 aliphatic heterocycles. The Morgan fingerprint density at radius 2 is 0.371 bits per heavy atom. The van der Waals surface area contributed by atoms with Crippen LogP contribution in [0.4, 0.5) is 0 Å². The van der Waals surface area contributed by atoms with Gasteiger partial charge < -0.3 is 61.3 Å². The number of hydrogen-bond donors (Lipinski definition) is 12. The molecule has 16 nitrogen and oxygen atoms in total. The first-order valence-electron chi connectivity index (χ1n) is 29.3. The van der Waals surface area contributed by atoms with E-state index in [0.717, 1.165) is 44.5 Å². The number of rotatable bonds is 12. The molecule has 4 aromatic rings. The highest BCUT2D eigenvalue weighted by Crippen LogP contribution is 2.45. The van der Waals surface area contributed by atoms with E-state index < -0.39 is 55.7 Å². The van der Waals surface area contributed by atoms with Crippen LogP contribution in [0.15, 0.2) is 74.8 Å². The highest BCUT2D eigenvalue weighted by molar-refractivity contribution is 6.16. The van der Waals surface area contributed by atoms with E-state index in [0.29, 0.717) is 22.3 Å². The van der Waals surface area contributed by atoms with Gasteiger partial charge >= 0.3 is 23.9 Å². The van der Waals surface area contributed by atoms with E-state index in [4.69, 9.17) is 40.9 Å². The molecule has 0 bridgehead atoms. The summed E-state index contributed by atoms with van der Waals surface area (Å²) in [4.78, 5) is 44.6. The van der Waals surface area contributed by atoms with Gasteiger partial charge in [0, 0.05) is 44.5 Å². The largest absolute Gasteiger partial charge is 0.507 e. The lowest BCUT2D eigenvalue weighted by Crippen LogP contribution is -2.37. The Hall–Kier alpha value is -7.24. The van der Waals surface area contributed by atoms with E-state index in [9.17, 15) is 39.6 Å².